The van der Waals surface area contributed by atoms with Crippen molar-refractivity contribution in [2.24, 2.45) is 5.92 Å². The molecule has 0 aliphatic heterocycles. The van der Waals surface area contributed by atoms with Gasteiger partial charge in [-0.1, -0.05) is 136 Å². The second-order valence-electron chi connectivity index (χ2n) is 9.75. The fraction of sp³-hybridized carbons (Fsp3) is 0.929. The van der Waals surface area contributed by atoms with Crippen LogP contribution >= 0.6 is 0 Å². The molecule has 2 atom stereocenters. The minimum atomic E-state index is -1.24. The number of unbranched alkanes of at least 4 members (excludes halogenated alkanes) is 18. The van der Waals surface area contributed by atoms with Crippen molar-refractivity contribution in [3.63, 3.8) is 0 Å². The van der Waals surface area contributed by atoms with Crippen molar-refractivity contribution >= 4 is 11.8 Å². The number of ketones is 1. The highest BCUT2D eigenvalue weighted by molar-refractivity contribution is 5.98. The Morgan fingerprint density at radius 1 is 0.562 bits per heavy atom. The highest BCUT2D eigenvalue weighted by atomic mass is 16.4. The van der Waals surface area contributed by atoms with Crippen LogP contribution in [0.2, 0.25) is 0 Å². The van der Waals surface area contributed by atoms with E-state index in [2.05, 4.69) is 13.8 Å². The number of carboxylic acid groups (broad SMARTS) is 1. The summed E-state index contributed by atoms with van der Waals surface area (Å²) in [4.78, 5) is 24.0. The molecule has 2 unspecified atom stereocenters. The van der Waals surface area contributed by atoms with E-state index in [9.17, 15) is 19.8 Å². The van der Waals surface area contributed by atoms with Gasteiger partial charge in [-0.2, -0.15) is 0 Å². The van der Waals surface area contributed by atoms with E-state index in [0.717, 1.165) is 38.5 Å². The lowest BCUT2D eigenvalue weighted by Gasteiger charge is -2.18. The van der Waals surface area contributed by atoms with Gasteiger partial charge in [0.2, 0.25) is 0 Å². The second kappa shape index (κ2) is 23.3. The number of aliphatic carboxylic acids is 1. The van der Waals surface area contributed by atoms with Gasteiger partial charge >= 0.3 is 5.97 Å². The summed E-state index contributed by atoms with van der Waals surface area (Å²) in [5.74, 6) is -2.70. The first-order chi connectivity index (χ1) is 15.5. The molecule has 0 aromatic heterocycles. The number of aliphatic hydroxyl groups excluding tert-OH is 1. The lowest BCUT2D eigenvalue weighted by Crippen LogP contribution is -2.35. The number of hydrogen-bond donors (Lipinski definition) is 2. The molecule has 0 rings (SSSR count). The molecule has 0 aromatic carbocycles. The number of hydrogen-bond acceptors (Lipinski definition) is 3. The van der Waals surface area contributed by atoms with Crippen molar-refractivity contribution in [2.75, 3.05) is 0 Å². The van der Waals surface area contributed by atoms with E-state index >= 15 is 0 Å². The van der Waals surface area contributed by atoms with Crippen LogP contribution in [0, 0.1) is 5.92 Å². The van der Waals surface area contributed by atoms with Crippen molar-refractivity contribution in [1.82, 2.24) is 0 Å². The third kappa shape index (κ3) is 18.7. The van der Waals surface area contributed by atoms with E-state index in [4.69, 9.17) is 0 Å². The minimum Gasteiger partial charge on any atom is -0.481 e. The van der Waals surface area contributed by atoms with Crippen LogP contribution in [0.1, 0.15) is 155 Å². The highest BCUT2D eigenvalue weighted by Crippen LogP contribution is 2.19. The number of rotatable bonds is 25. The normalized spacial score (nSPS) is 13.2. The number of carbonyl (C=O) groups excluding carboxylic acids is 1. The largest absolute Gasteiger partial charge is 0.481 e. The molecule has 2 N–H and O–H groups in total. The fourth-order valence-corrected chi connectivity index (χ4v) is 4.47. The van der Waals surface area contributed by atoms with E-state index in [1.54, 1.807) is 0 Å². The summed E-state index contributed by atoms with van der Waals surface area (Å²) in [6, 6.07) is 0. The standard InChI is InChI=1S/C28H54O4/c1-3-5-7-9-11-13-14-16-18-20-22-24-26(30)27(28(31)32)25(29)23-21-19-17-15-12-10-8-6-4-2/h25,27,29H,3-24H2,1-2H3,(H,31,32). The zero-order valence-electron chi connectivity index (χ0n) is 21.4. The SMILES string of the molecule is CCCCCCCCCCCCCC(=O)C(C(=O)O)C(O)CCCCCCCCCCC. The molecule has 0 aromatic rings. The van der Waals surface area contributed by atoms with E-state index < -0.39 is 18.0 Å². The molecule has 0 saturated carbocycles. The summed E-state index contributed by atoms with van der Waals surface area (Å²) >= 11 is 0. The van der Waals surface area contributed by atoms with Gasteiger partial charge in [0.15, 0.2) is 0 Å². The molecular weight excluding hydrogens is 400 g/mol. The maximum absolute atomic E-state index is 12.4. The van der Waals surface area contributed by atoms with Crippen LogP contribution in [0.15, 0.2) is 0 Å². The Kier molecular flexibility index (Phi) is 22.6. The van der Waals surface area contributed by atoms with Crippen molar-refractivity contribution in [3.8, 4) is 0 Å². The number of carbonyl (C=O) groups is 2. The first-order valence-electron chi connectivity index (χ1n) is 14.0. The first kappa shape index (κ1) is 31.1. The van der Waals surface area contributed by atoms with Crippen LogP contribution in [-0.4, -0.2) is 28.1 Å². The maximum atomic E-state index is 12.4. The zero-order chi connectivity index (χ0) is 23.9. The summed E-state index contributed by atoms with van der Waals surface area (Å²) in [6.07, 6.45) is 23.5. The number of carboxylic acids is 1. The fourth-order valence-electron chi connectivity index (χ4n) is 4.47. The van der Waals surface area contributed by atoms with Gasteiger partial charge in [-0.15, -0.1) is 0 Å². The summed E-state index contributed by atoms with van der Waals surface area (Å²) in [6.45, 7) is 4.46. The second-order valence-corrected chi connectivity index (χ2v) is 9.75. The Bertz CT molecular complexity index is 435. The van der Waals surface area contributed by atoms with Crippen LogP contribution in [-0.2, 0) is 9.59 Å². The minimum absolute atomic E-state index is 0.281. The smallest absolute Gasteiger partial charge is 0.316 e. The van der Waals surface area contributed by atoms with Gasteiger partial charge < -0.3 is 10.2 Å². The van der Waals surface area contributed by atoms with E-state index in [1.165, 1.54) is 89.9 Å². The molecule has 0 amide bonds. The number of aliphatic hydroxyl groups is 1. The van der Waals surface area contributed by atoms with Crippen molar-refractivity contribution in [3.05, 3.63) is 0 Å². The van der Waals surface area contributed by atoms with Crippen LogP contribution in [0.4, 0.5) is 0 Å². The number of Topliss-reactive ketones (excluding diaryl/α,β-unsaturated/α-hetero) is 1. The lowest BCUT2D eigenvalue weighted by molar-refractivity contribution is -0.151. The predicted molar refractivity (Wildman–Crippen MR) is 135 cm³/mol. The maximum Gasteiger partial charge on any atom is 0.316 e. The molecule has 0 fully saturated rings. The molecule has 4 heteroatoms. The molecule has 0 radical (unpaired) electrons. The third-order valence-corrected chi connectivity index (χ3v) is 6.63. The van der Waals surface area contributed by atoms with Crippen molar-refractivity contribution < 1.29 is 19.8 Å². The quantitative estimate of drug-likeness (QED) is 0.108. The monoisotopic (exact) mass is 454 g/mol. The topological polar surface area (TPSA) is 74.6 Å². The van der Waals surface area contributed by atoms with E-state index in [-0.39, 0.29) is 12.2 Å². The third-order valence-electron chi connectivity index (χ3n) is 6.63. The highest BCUT2D eigenvalue weighted by Gasteiger charge is 2.32. The van der Waals surface area contributed by atoms with E-state index in [0.29, 0.717) is 6.42 Å². The molecule has 0 bridgehead atoms. The summed E-state index contributed by atoms with van der Waals surface area (Å²) < 4.78 is 0. The van der Waals surface area contributed by atoms with Gasteiger partial charge in [0.05, 0.1) is 6.10 Å². The average molecular weight is 455 g/mol. The Morgan fingerprint density at radius 2 is 0.906 bits per heavy atom. The average Bonchev–Trinajstić information content (AvgIpc) is 2.76. The van der Waals surface area contributed by atoms with Gasteiger partial charge in [0, 0.05) is 6.42 Å². The first-order valence-corrected chi connectivity index (χ1v) is 14.0. The molecular formula is C28H54O4. The van der Waals surface area contributed by atoms with Crippen LogP contribution < -0.4 is 0 Å². The summed E-state index contributed by atoms with van der Waals surface area (Å²) in [5, 5.41) is 19.8. The molecule has 0 aliphatic rings. The van der Waals surface area contributed by atoms with Gasteiger partial charge in [-0.25, -0.2) is 0 Å². The zero-order valence-corrected chi connectivity index (χ0v) is 21.4. The molecule has 0 spiro atoms. The Balaban J connectivity index is 3.81. The molecule has 0 heterocycles. The van der Waals surface area contributed by atoms with Crippen molar-refractivity contribution in [1.29, 1.82) is 0 Å². The Hall–Kier alpha value is -0.900. The molecule has 0 saturated heterocycles. The lowest BCUT2D eigenvalue weighted by atomic mass is 9.90. The van der Waals surface area contributed by atoms with Crippen LogP contribution in [0.25, 0.3) is 0 Å². The van der Waals surface area contributed by atoms with E-state index in [1.807, 2.05) is 0 Å². The summed E-state index contributed by atoms with van der Waals surface area (Å²) in [7, 11) is 0. The van der Waals surface area contributed by atoms with Crippen molar-refractivity contribution in [2.45, 2.75) is 161 Å². The Morgan fingerprint density at radius 3 is 1.28 bits per heavy atom. The molecule has 4 nitrogen and oxygen atoms in total. The molecule has 0 aliphatic carbocycles. The molecule has 32 heavy (non-hydrogen) atoms. The summed E-state index contributed by atoms with van der Waals surface area (Å²) in [5.41, 5.74) is 0. The van der Waals surface area contributed by atoms with Crippen LogP contribution in [0.5, 0.6) is 0 Å². The molecule has 190 valence electrons. The van der Waals surface area contributed by atoms with Gasteiger partial charge in [-0.05, 0) is 12.8 Å². The predicted octanol–water partition coefficient (Wildman–Crippen LogP) is 8.24. The van der Waals surface area contributed by atoms with Gasteiger partial charge in [0.1, 0.15) is 11.7 Å². The van der Waals surface area contributed by atoms with Gasteiger partial charge in [-0.3, -0.25) is 9.59 Å². The van der Waals surface area contributed by atoms with Gasteiger partial charge in [0.25, 0.3) is 0 Å². The Labute approximate surface area is 199 Å². The van der Waals surface area contributed by atoms with Crippen LogP contribution in [0.3, 0.4) is 0 Å².